The second-order valence-corrected chi connectivity index (χ2v) is 5.99. The third kappa shape index (κ3) is 3.70. The molecule has 122 valence electrons. The van der Waals surface area contributed by atoms with E-state index in [1.807, 2.05) is 42.3 Å². The van der Waals surface area contributed by atoms with Gasteiger partial charge >= 0.3 is 6.01 Å². The minimum atomic E-state index is 0.117. The molecule has 2 aromatic rings. The van der Waals surface area contributed by atoms with Crippen molar-refractivity contribution in [3.8, 4) is 0 Å². The first-order valence-corrected chi connectivity index (χ1v) is 7.98. The zero-order chi connectivity index (χ0) is 16.2. The number of carbonyl (C=O) groups is 1. The van der Waals surface area contributed by atoms with Gasteiger partial charge in [0.1, 0.15) is 0 Å². The zero-order valence-corrected chi connectivity index (χ0v) is 13.6. The highest BCUT2D eigenvalue weighted by atomic mass is 16.4. The largest absolute Gasteiger partial charge is 0.408 e. The van der Waals surface area contributed by atoms with Gasteiger partial charge in [0.05, 0.1) is 6.42 Å². The van der Waals surface area contributed by atoms with E-state index in [1.165, 1.54) is 0 Å². The van der Waals surface area contributed by atoms with Gasteiger partial charge in [0.25, 0.3) is 0 Å². The van der Waals surface area contributed by atoms with Crippen LogP contribution in [0.25, 0.3) is 0 Å². The van der Waals surface area contributed by atoms with Gasteiger partial charge in [0.2, 0.25) is 11.8 Å². The Morgan fingerprint density at radius 1 is 1.26 bits per heavy atom. The van der Waals surface area contributed by atoms with Crippen LogP contribution in [0.2, 0.25) is 0 Å². The maximum Gasteiger partial charge on any atom is 0.318 e. The number of carbonyl (C=O) groups excluding carboxylic acids is 1. The molecule has 1 aromatic carbocycles. The number of benzene rings is 1. The van der Waals surface area contributed by atoms with Crippen LogP contribution in [0.3, 0.4) is 0 Å². The molecule has 1 aliphatic rings. The Labute approximate surface area is 136 Å². The first-order valence-electron chi connectivity index (χ1n) is 7.98. The van der Waals surface area contributed by atoms with E-state index in [1.54, 1.807) is 6.92 Å². The minimum absolute atomic E-state index is 0.117. The Morgan fingerprint density at radius 2 is 1.96 bits per heavy atom. The first-order chi connectivity index (χ1) is 11.1. The number of amides is 1. The van der Waals surface area contributed by atoms with Crippen molar-refractivity contribution in [3.05, 3.63) is 41.8 Å². The maximum absolute atomic E-state index is 11.4. The summed E-state index contributed by atoms with van der Waals surface area (Å²) in [6.45, 7) is 3.27. The number of hydrogen-bond acceptors (Lipinski definition) is 5. The summed E-state index contributed by atoms with van der Waals surface area (Å²) in [5, 5.41) is 8.32. The summed E-state index contributed by atoms with van der Waals surface area (Å²) in [5.41, 5.74) is 1.16. The van der Waals surface area contributed by atoms with E-state index in [4.69, 9.17) is 4.42 Å². The average Bonchev–Trinajstić information content (AvgIpc) is 3.03. The van der Waals surface area contributed by atoms with Gasteiger partial charge in [-0.1, -0.05) is 35.4 Å². The molecule has 0 radical (unpaired) electrons. The Hall–Kier alpha value is -2.37. The summed E-state index contributed by atoms with van der Waals surface area (Å²) < 4.78 is 5.79. The molecular weight excluding hydrogens is 292 g/mol. The van der Waals surface area contributed by atoms with Gasteiger partial charge in [0, 0.05) is 33.1 Å². The fourth-order valence-corrected chi connectivity index (χ4v) is 2.92. The molecule has 1 aliphatic heterocycles. The predicted octanol–water partition coefficient (Wildman–Crippen LogP) is 2.11. The van der Waals surface area contributed by atoms with E-state index in [2.05, 4.69) is 15.1 Å². The monoisotopic (exact) mass is 314 g/mol. The molecule has 1 fully saturated rings. The molecule has 0 atom stereocenters. The van der Waals surface area contributed by atoms with Crippen molar-refractivity contribution >= 4 is 11.9 Å². The van der Waals surface area contributed by atoms with Crippen molar-refractivity contribution in [2.24, 2.45) is 0 Å². The highest BCUT2D eigenvalue weighted by Gasteiger charge is 2.26. The second-order valence-electron chi connectivity index (χ2n) is 5.99. The smallest absolute Gasteiger partial charge is 0.318 e. The number of piperidine rings is 1. The number of rotatable bonds is 4. The molecule has 6 heteroatoms. The third-order valence-electron chi connectivity index (χ3n) is 4.43. The predicted molar refractivity (Wildman–Crippen MR) is 87.2 cm³/mol. The van der Waals surface area contributed by atoms with Crippen LogP contribution in [-0.2, 0) is 11.2 Å². The minimum Gasteiger partial charge on any atom is -0.408 e. The van der Waals surface area contributed by atoms with Crippen molar-refractivity contribution in [3.63, 3.8) is 0 Å². The lowest BCUT2D eigenvalue weighted by molar-refractivity contribution is -0.129. The fraction of sp³-hybridized carbons (Fsp3) is 0.471. The zero-order valence-electron chi connectivity index (χ0n) is 13.6. The lowest BCUT2D eigenvalue weighted by atomic mass is 10.0. The van der Waals surface area contributed by atoms with Gasteiger partial charge < -0.3 is 14.2 Å². The second kappa shape index (κ2) is 6.81. The van der Waals surface area contributed by atoms with Gasteiger partial charge in [0.15, 0.2) is 0 Å². The Bertz CT molecular complexity index is 648. The molecule has 1 amide bonds. The molecule has 0 bridgehead atoms. The van der Waals surface area contributed by atoms with Crippen molar-refractivity contribution in [2.45, 2.75) is 32.2 Å². The SMILES string of the molecule is CC(=O)N(C)C1CCN(c2nnc(Cc3ccccc3)o2)CC1. The van der Waals surface area contributed by atoms with Crippen LogP contribution < -0.4 is 4.90 Å². The summed E-state index contributed by atoms with van der Waals surface area (Å²) in [4.78, 5) is 15.4. The molecule has 3 rings (SSSR count). The molecule has 1 aromatic heterocycles. The molecule has 23 heavy (non-hydrogen) atoms. The first kappa shape index (κ1) is 15.5. The lowest BCUT2D eigenvalue weighted by Crippen LogP contribution is -2.45. The number of hydrogen-bond donors (Lipinski definition) is 0. The molecular formula is C17H22N4O2. The molecule has 1 saturated heterocycles. The molecule has 0 unspecified atom stereocenters. The molecule has 0 saturated carbocycles. The van der Waals surface area contributed by atoms with Crippen LogP contribution in [0.5, 0.6) is 0 Å². The van der Waals surface area contributed by atoms with Crippen molar-refractivity contribution in [1.82, 2.24) is 15.1 Å². The van der Waals surface area contributed by atoms with Gasteiger partial charge in [-0.25, -0.2) is 0 Å². The highest BCUT2D eigenvalue weighted by molar-refractivity contribution is 5.73. The van der Waals surface area contributed by atoms with Gasteiger partial charge in [-0.05, 0) is 18.4 Å². The molecule has 0 N–H and O–H groups in total. The van der Waals surface area contributed by atoms with Crippen molar-refractivity contribution in [1.29, 1.82) is 0 Å². The van der Waals surface area contributed by atoms with Crippen molar-refractivity contribution in [2.75, 3.05) is 25.0 Å². The van der Waals surface area contributed by atoms with Crippen LogP contribution in [0.1, 0.15) is 31.2 Å². The van der Waals surface area contributed by atoms with E-state index in [0.29, 0.717) is 24.4 Å². The fourth-order valence-electron chi connectivity index (χ4n) is 2.92. The summed E-state index contributed by atoms with van der Waals surface area (Å²) in [6, 6.07) is 11.0. The van der Waals surface area contributed by atoms with Gasteiger partial charge in [-0.2, -0.15) is 0 Å². The van der Waals surface area contributed by atoms with Gasteiger partial charge in [-0.15, -0.1) is 5.10 Å². The Morgan fingerprint density at radius 3 is 2.61 bits per heavy atom. The standard InChI is InChI=1S/C17H22N4O2/c1-13(22)20(2)15-8-10-21(11-9-15)17-19-18-16(23-17)12-14-6-4-3-5-7-14/h3-7,15H,8-12H2,1-2H3. The molecule has 2 heterocycles. The van der Waals surface area contributed by atoms with Crippen LogP contribution in [0.4, 0.5) is 6.01 Å². The topological polar surface area (TPSA) is 62.5 Å². The van der Waals surface area contributed by atoms with E-state index in [-0.39, 0.29) is 5.91 Å². The van der Waals surface area contributed by atoms with E-state index in [9.17, 15) is 4.79 Å². The summed E-state index contributed by atoms with van der Waals surface area (Å²) in [6.07, 6.45) is 2.50. The van der Waals surface area contributed by atoms with Crippen LogP contribution >= 0.6 is 0 Å². The number of aromatic nitrogens is 2. The van der Waals surface area contributed by atoms with E-state index in [0.717, 1.165) is 31.5 Å². The van der Waals surface area contributed by atoms with Crippen LogP contribution in [0.15, 0.2) is 34.7 Å². The van der Waals surface area contributed by atoms with Crippen LogP contribution in [0, 0.1) is 0 Å². The van der Waals surface area contributed by atoms with E-state index < -0.39 is 0 Å². The Balaban J connectivity index is 1.58. The summed E-state index contributed by atoms with van der Waals surface area (Å²) in [7, 11) is 1.87. The highest BCUT2D eigenvalue weighted by Crippen LogP contribution is 2.22. The Kier molecular flexibility index (Phi) is 4.60. The molecule has 0 aliphatic carbocycles. The third-order valence-corrected chi connectivity index (χ3v) is 4.43. The number of anilines is 1. The van der Waals surface area contributed by atoms with Crippen LogP contribution in [-0.4, -0.2) is 47.2 Å². The van der Waals surface area contributed by atoms with Crippen molar-refractivity contribution < 1.29 is 9.21 Å². The average molecular weight is 314 g/mol. The maximum atomic E-state index is 11.4. The summed E-state index contributed by atoms with van der Waals surface area (Å²) in [5.74, 6) is 0.751. The number of nitrogens with zero attached hydrogens (tertiary/aromatic N) is 4. The lowest BCUT2D eigenvalue weighted by Gasteiger charge is -2.35. The molecule has 6 nitrogen and oxygen atoms in total. The molecule has 0 spiro atoms. The normalized spacial score (nSPS) is 15.7. The van der Waals surface area contributed by atoms with E-state index >= 15 is 0 Å². The quantitative estimate of drug-likeness (QED) is 0.865. The van der Waals surface area contributed by atoms with Gasteiger partial charge in [-0.3, -0.25) is 4.79 Å². The summed E-state index contributed by atoms with van der Waals surface area (Å²) >= 11 is 0.